The summed E-state index contributed by atoms with van der Waals surface area (Å²) in [5, 5.41) is 0. The van der Waals surface area contributed by atoms with Crippen LogP contribution in [0.1, 0.15) is 18.1 Å². The number of rotatable bonds is 2. The Kier molecular flexibility index (Phi) is 2.64. The maximum absolute atomic E-state index is 12.2. The van der Waals surface area contributed by atoms with Crippen LogP contribution in [0.3, 0.4) is 0 Å². The average Bonchev–Trinajstić information content (AvgIpc) is 2.03. The fourth-order valence-corrected chi connectivity index (χ4v) is 0.988. The van der Waals surface area contributed by atoms with E-state index in [9.17, 15) is 4.39 Å². The van der Waals surface area contributed by atoms with Gasteiger partial charge < -0.3 is 0 Å². The first-order valence-electron chi connectivity index (χ1n) is 3.69. The van der Waals surface area contributed by atoms with Crippen molar-refractivity contribution in [3.63, 3.8) is 0 Å². The molecule has 59 valence electrons. The molecule has 0 nitrogen and oxygen atoms in total. The maximum Gasteiger partial charge on any atom is 0.0997 e. The minimum absolute atomic E-state index is 0.358. The molecule has 0 heterocycles. The third-order valence-corrected chi connectivity index (χ3v) is 1.71. The van der Waals surface area contributed by atoms with Gasteiger partial charge in [-0.2, -0.15) is 0 Å². The van der Waals surface area contributed by atoms with Crippen molar-refractivity contribution in [1.29, 1.82) is 0 Å². The molecule has 1 aromatic carbocycles. The molecule has 0 N–H and O–H groups in total. The number of hydrogen-bond donors (Lipinski definition) is 0. The second-order valence-electron chi connectivity index (χ2n) is 2.78. The van der Waals surface area contributed by atoms with E-state index in [1.54, 1.807) is 0 Å². The van der Waals surface area contributed by atoms with Crippen LogP contribution < -0.4 is 0 Å². The summed E-state index contributed by atoms with van der Waals surface area (Å²) in [6, 6.07) is 7.88. The lowest BCUT2D eigenvalue weighted by Gasteiger charge is -2.05. The number of hydrogen-bond acceptors (Lipinski definition) is 0. The number of halogens is 1. The molecule has 0 saturated heterocycles. The molecule has 0 atom stereocenters. The van der Waals surface area contributed by atoms with Gasteiger partial charge in [-0.1, -0.05) is 36.8 Å². The predicted octanol–water partition coefficient (Wildman–Crippen LogP) is 2.91. The minimum atomic E-state index is -0.358. The number of alkyl halides is 1. The van der Waals surface area contributed by atoms with Gasteiger partial charge in [-0.25, -0.2) is 0 Å². The van der Waals surface area contributed by atoms with Crippen molar-refractivity contribution in [3.05, 3.63) is 41.3 Å². The van der Waals surface area contributed by atoms with Gasteiger partial charge in [0.25, 0.3) is 0 Å². The fourth-order valence-electron chi connectivity index (χ4n) is 0.988. The summed E-state index contributed by atoms with van der Waals surface area (Å²) in [6.07, 6.45) is 0. The summed E-state index contributed by atoms with van der Waals surface area (Å²) in [5.41, 5.74) is 2.18. The molecular formula is C10H12F. The van der Waals surface area contributed by atoms with E-state index in [1.165, 1.54) is 5.56 Å². The molecule has 0 aromatic heterocycles. The Morgan fingerprint density at radius 1 is 1.45 bits per heavy atom. The van der Waals surface area contributed by atoms with Crippen LogP contribution in [0.25, 0.3) is 0 Å². The Hall–Kier alpha value is -0.850. The molecule has 0 spiro atoms. The van der Waals surface area contributed by atoms with E-state index in [4.69, 9.17) is 0 Å². The zero-order valence-electron chi connectivity index (χ0n) is 6.89. The molecular weight excluding hydrogens is 139 g/mol. The predicted molar refractivity (Wildman–Crippen MR) is 45.2 cm³/mol. The van der Waals surface area contributed by atoms with E-state index >= 15 is 0 Å². The van der Waals surface area contributed by atoms with E-state index < -0.39 is 0 Å². The Labute approximate surface area is 67.1 Å². The molecule has 1 rings (SSSR count). The van der Waals surface area contributed by atoms with Gasteiger partial charge in [0.1, 0.15) is 0 Å². The minimum Gasteiger partial charge on any atom is -0.250 e. The van der Waals surface area contributed by atoms with Crippen molar-refractivity contribution in [2.45, 2.75) is 13.8 Å². The topological polar surface area (TPSA) is 0 Å². The lowest BCUT2D eigenvalue weighted by Crippen LogP contribution is -1.96. The number of benzene rings is 1. The fraction of sp³-hybridized carbons (Fsp3) is 0.300. The highest BCUT2D eigenvalue weighted by Crippen LogP contribution is 2.15. The van der Waals surface area contributed by atoms with Gasteiger partial charge in [0, 0.05) is 5.92 Å². The molecule has 0 aliphatic rings. The van der Waals surface area contributed by atoms with Crippen LogP contribution >= 0.6 is 0 Å². The van der Waals surface area contributed by atoms with Crippen LogP contribution in [0, 0.1) is 12.8 Å². The smallest absolute Gasteiger partial charge is 0.0997 e. The Bertz CT molecular complexity index is 230. The van der Waals surface area contributed by atoms with Crippen LogP contribution in [0.2, 0.25) is 0 Å². The van der Waals surface area contributed by atoms with E-state index in [0.717, 1.165) is 11.5 Å². The van der Waals surface area contributed by atoms with Gasteiger partial charge in [0.05, 0.1) is 6.67 Å². The quantitative estimate of drug-likeness (QED) is 0.609. The molecule has 0 unspecified atom stereocenters. The van der Waals surface area contributed by atoms with E-state index in [0.29, 0.717) is 0 Å². The molecule has 0 bridgehead atoms. The highest BCUT2D eigenvalue weighted by Gasteiger charge is 2.03. The Balaban J connectivity index is 2.86. The zero-order chi connectivity index (χ0) is 8.27. The van der Waals surface area contributed by atoms with E-state index in [-0.39, 0.29) is 6.67 Å². The summed E-state index contributed by atoms with van der Waals surface area (Å²) in [4.78, 5) is 0. The SMILES string of the molecule is C[C](CF)c1cccc(C)c1. The normalized spacial score (nSPS) is 10.5. The lowest BCUT2D eigenvalue weighted by atomic mass is 10.0. The van der Waals surface area contributed by atoms with Crippen molar-refractivity contribution in [2.75, 3.05) is 6.67 Å². The van der Waals surface area contributed by atoms with Crippen LogP contribution in [0.4, 0.5) is 4.39 Å². The van der Waals surface area contributed by atoms with Crippen molar-refractivity contribution in [2.24, 2.45) is 0 Å². The van der Waals surface area contributed by atoms with E-state index in [1.807, 2.05) is 38.1 Å². The van der Waals surface area contributed by atoms with Crippen LogP contribution in [-0.2, 0) is 0 Å². The van der Waals surface area contributed by atoms with E-state index in [2.05, 4.69) is 0 Å². The first kappa shape index (κ1) is 8.25. The van der Waals surface area contributed by atoms with Crippen molar-refractivity contribution in [1.82, 2.24) is 0 Å². The lowest BCUT2D eigenvalue weighted by molar-refractivity contribution is 0.516. The van der Waals surface area contributed by atoms with Gasteiger partial charge >= 0.3 is 0 Å². The molecule has 1 heteroatoms. The van der Waals surface area contributed by atoms with Gasteiger partial charge in [0.2, 0.25) is 0 Å². The molecule has 11 heavy (non-hydrogen) atoms. The van der Waals surface area contributed by atoms with Gasteiger partial charge in [-0.15, -0.1) is 0 Å². The molecule has 0 fully saturated rings. The second kappa shape index (κ2) is 3.51. The first-order valence-corrected chi connectivity index (χ1v) is 3.69. The summed E-state index contributed by atoms with van der Waals surface area (Å²) >= 11 is 0. The van der Waals surface area contributed by atoms with Crippen LogP contribution in [0.15, 0.2) is 24.3 Å². The molecule has 1 aromatic rings. The second-order valence-corrected chi connectivity index (χ2v) is 2.78. The third-order valence-electron chi connectivity index (χ3n) is 1.71. The Morgan fingerprint density at radius 3 is 2.73 bits per heavy atom. The largest absolute Gasteiger partial charge is 0.250 e. The van der Waals surface area contributed by atoms with Crippen LogP contribution in [0.5, 0.6) is 0 Å². The van der Waals surface area contributed by atoms with Crippen molar-refractivity contribution < 1.29 is 4.39 Å². The molecule has 0 amide bonds. The summed E-state index contributed by atoms with van der Waals surface area (Å²) in [5.74, 6) is 0.800. The summed E-state index contributed by atoms with van der Waals surface area (Å²) in [6.45, 7) is 3.47. The highest BCUT2D eigenvalue weighted by molar-refractivity contribution is 5.32. The standard InChI is InChI=1S/C10H12F/c1-8-4-3-5-10(6-8)9(2)7-11/h3-6H,7H2,1-2H3. The number of aryl methyl sites for hydroxylation is 1. The van der Waals surface area contributed by atoms with Gasteiger partial charge in [-0.3, -0.25) is 4.39 Å². The molecule has 0 aliphatic heterocycles. The monoisotopic (exact) mass is 151 g/mol. The Morgan fingerprint density at radius 2 is 2.18 bits per heavy atom. The average molecular weight is 151 g/mol. The third kappa shape index (κ3) is 2.04. The van der Waals surface area contributed by atoms with Crippen molar-refractivity contribution in [3.8, 4) is 0 Å². The van der Waals surface area contributed by atoms with Crippen molar-refractivity contribution >= 4 is 0 Å². The molecule has 0 saturated carbocycles. The summed E-state index contributed by atoms with van der Waals surface area (Å²) < 4.78 is 12.2. The van der Waals surface area contributed by atoms with Gasteiger partial charge in [0.15, 0.2) is 0 Å². The van der Waals surface area contributed by atoms with Gasteiger partial charge in [-0.05, 0) is 12.5 Å². The molecule has 1 radical (unpaired) electrons. The highest BCUT2D eigenvalue weighted by atomic mass is 19.1. The summed E-state index contributed by atoms with van der Waals surface area (Å²) in [7, 11) is 0. The maximum atomic E-state index is 12.2. The molecule has 0 aliphatic carbocycles. The zero-order valence-corrected chi connectivity index (χ0v) is 6.89. The van der Waals surface area contributed by atoms with Crippen LogP contribution in [-0.4, -0.2) is 6.67 Å². The first-order chi connectivity index (χ1) is 5.24.